The molecule has 0 atom stereocenters. The highest BCUT2D eigenvalue weighted by Gasteiger charge is 2.22. The van der Waals surface area contributed by atoms with Gasteiger partial charge in [-0.3, -0.25) is 14.7 Å². The van der Waals surface area contributed by atoms with Crippen molar-refractivity contribution in [3.05, 3.63) is 58.8 Å². The van der Waals surface area contributed by atoms with Crippen molar-refractivity contribution < 1.29 is 9.66 Å². The Kier molecular flexibility index (Phi) is 4.06. The van der Waals surface area contributed by atoms with E-state index in [1.54, 1.807) is 55.3 Å². The summed E-state index contributed by atoms with van der Waals surface area (Å²) in [5, 5.41) is 14.3. The number of anilines is 2. The van der Waals surface area contributed by atoms with Crippen LogP contribution in [0.2, 0.25) is 0 Å². The smallest absolute Gasteiger partial charge is 0.332 e. The predicted molar refractivity (Wildman–Crippen MR) is 86.8 cm³/mol. The number of imidazole rings is 1. The summed E-state index contributed by atoms with van der Waals surface area (Å²) in [7, 11) is 1.57. The minimum atomic E-state index is -0.501. The Morgan fingerprint density at radius 3 is 2.58 bits per heavy atom. The topological polar surface area (TPSA) is 108 Å². The number of benzene rings is 1. The lowest BCUT2D eigenvalue weighted by molar-refractivity contribution is -0.385. The Balaban J connectivity index is 2.04. The first-order valence-electron chi connectivity index (χ1n) is 7.01. The van der Waals surface area contributed by atoms with Gasteiger partial charge in [0.25, 0.3) is 0 Å². The number of nitrogens with one attached hydrogen (secondary N) is 1. The number of aromatic nitrogens is 4. The van der Waals surface area contributed by atoms with Gasteiger partial charge in [-0.1, -0.05) is 0 Å². The summed E-state index contributed by atoms with van der Waals surface area (Å²) in [6.45, 7) is 1.57. The Hall–Kier alpha value is -3.49. The summed E-state index contributed by atoms with van der Waals surface area (Å²) in [4.78, 5) is 23.2. The lowest BCUT2D eigenvalue weighted by Crippen LogP contribution is -2.08. The van der Waals surface area contributed by atoms with Gasteiger partial charge in [0.15, 0.2) is 0 Å². The van der Waals surface area contributed by atoms with Gasteiger partial charge in [0.2, 0.25) is 11.8 Å². The van der Waals surface area contributed by atoms with Crippen LogP contribution in [0.5, 0.6) is 5.75 Å². The molecule has 1 aromatic carbocycles. The van der Waals surface area contributed by atoms with Crippen molar-refractivity contribution in [3.8, 4) is 11.7 Å². The third-order valence-electron chi connectivity index (χ3n) is 3.32. The van der Waals surface area contributed by atoms with E-state index >= 15 is 0 Å². The van der Waals surface area contributed by atoms with E-state index < -0.39 is 4.92 Å². The molecule has 9 heteroatoms. The first-order chi connectivity index (χ1) is 11.6. The average Bonchev–Trinajstić information content (AvgIpc) is 3.09. The summed E-state index contributed by atoms with van der Waals surface area (Å²) in [6, 6.07) is 6.99. The molecule has 2 aromatic heterocycles. The number of methoxy groups -OCH3 is 1. The molecule has 3 aromatic rings. The van der Waals surface area contributed by atoms with Gasteiger partial charge in [0.1, 0.15) is 17.8 Å². The number of aryl methyl sites for hydroxylation is 1. The van der Waals surface area contributed by atoms with Gasteiger partial charge in [-0.15, -0.1) is 0 Å². The van der Waals surface area contributed by atoms with E-state index in [1.807, 2.05) is 0 Å². The van der Waals surface area contributed by atoms with Crippen molar-refractivity contribution >= 4 is 17.2 Å². The molecule has 0 aliphatic rings. The molecule has 0 fully saturated rings. The van der Waals surface area contributed by atoms with Crippen LogP contribution >= 0.6 is 0 Å². The molecule has 0 saturated heterocycles. The molecular formula is C15H14N6O3. The number of ether oxygens (including phenoxy) is 1. The lowest BCUT2D eigenvalue weighted by atomic mass is 10.3. The monoisotopic (exact) mass is 326 g/mol. The van der Waals surface area contributed by atoms with E-state index in [1.165, 1.54) is 6.33 Å². The van der Waals surface area contributed by atoms with E-state index in [2.05, 4.69) is 20.3 Å². The number of rotatable bonds is 5. The summed E-state index contributed by atoms with van der Waals surface area (Å²) in [5.74, 6) is 1.10. The second-order valence-corrected chi connectivity index (χ2v) is 4.89. The molecular weight excluding hydrogens is 312 g/mol. The summed E-state index contributed by atoms with van der Waals surface area (Å²) in [6.07, 6.45) is 4.77. The molecule has 2 heterocycles. The van der Waals surface area contributed by atoms with Crippen molar-refractivity contribution in [2.75, 3.05) is 12.4 Å². The van der Waals surface area contributed by atoms with E-state index in [0.717, 1.165) is 0 Å². The third-order valence-corrected chi connectivity index (χ3v) is 3.32. The van der Waals surface area contributed by atoms with Crippen LogP contribution in [0, 0.1) is 17.0 Å². The number of hydrogen-bond donors (Lipinski definition) is 1. The summed E-state index contributed by atoms with van der Waals surface area (Å²) >= 11 is 0. The van der Waals surface area contributed by atoms with Gasteiger partial charge in [-0.25, -0.2) is 9.97 Å². The standard InChI is InChI=1S/C15H14N6O3/c1-10-13(21(22)23)14(18-11-3-5-12(24-2)6-4-11)19-15(17-10)20-8-7-16-9-20/h3-9H,1-2H3,(H,17,18,19). The van der Waals surface area contributed by atoms with Gasteiger partial charge in [0.05, 0.1) is 12.0 Å². The molecule has 122 valence electrons. The Morgan fingerprint density at radius 1 is 1.25 bits per heavy atom. The van der Waals surface area contributed by atoms with Gasteiger partial charge in [-0.05, 0) is 31.2 Å². The van der Waals surface area contributed by atoms with Gasteiger partial charge in [-0.2, -0.15) is 4.98 Å². The Morgan fingerprint density at radius 2 is 2.00 bits per heavy atom. The van der Waals surface area contributed by atoms with Gasteiger partial charge < -0.3 is 10.1 Å². The zero-order valence-corrected chi connectivity index (χ0v) is 13.0. The summed E-state index contributed by atoms with van der Waals surface area (Å²) < 4.78 is 6.68. The molecule has 0 spiro atoms. The van der Waals surface area contributed by atoms with Gasteiger partial charge >= 0.3 is 5.69 Å². The minimum Gasteiger partial charge on any atom is -0.497 e. The van der Waals surface area contributed by atoms with E-state index in [4.69, 9.17) is 4.74 Å². The quantitative estimate of drug-likeness (QED) is 0.567. The number of nitro groups is 1. The van der Waals surface area contributed by atoms with E-state index in [9.17, 15) is 10.1 Å². The molecule has 0 aliphatic carbocycles. The molecule has 3 rings (SSSR count). The Labute approximate surface area is 137 Å². The minimum absolute atomic E-state index is 0.112. The lowest BCUT2D eigenvalue weighted by Gasteiger charge is -2.10. The highest BCUT2D eigenvalue weighted by Crippen LogP contribution is 2.29. The molecule has 1 N–H and O–H groups in total. The fraction of sp³-hybridized carbons (Fsp3) is 0.133. The average molecular weight is 326 g/mol. The van der Waals surface area contributed by atoms with Crippen LogP contribution in [-0.2, 0) is 0 Å². The second-order valence-electron chi connectivity index (χ2n) is 4.89. The highest BCUT2D eigenvalue weighted by molar-refractivity contribution is 5.67. The van der Waals surface area contributed by atoms with Crippen LogP contribution < -0.4 is 10.1 Å². The first kappa shape index (κ1) is 15.4. The number of nitrogens with zero attached hydrogens (tertiary/aromatic N) is 5. The van der Waals surface area contributed by atoms with Crippen molar-refractivity contribution in [1.29, 1.82) is 0 Å². The predicted octanol–water partition coefficient (Wildman–Crippen LogP) is 2.63. The van der Waals surface area contributed by atoms with Crippen LogP contribution in [0.1, 0.15) is 5.69 Å². The Bertz CT molecular complexity index is 862. The normalized spacial score (nSPS) is 10.4. The second kappa shape index (κ2) is 6.32. The maximum absolute atomic E-state index is 11.4. The number of hydrogen-bond acceptors (Lipinski definition) is 7. The van der Waals surface area contributed by atoms with E-state index in [0.29, 0.717) is 17.4 Å². The molecule has 0 aliphatic heterocycles. The highest BCUT2D eigenvalue weighted by atomic mass is 16.6. The van der Waals surface area contributed by atoms with E-state index in [-0.39, 0.29) is 17.2 Å². The van der Waals surface area contributed by atoms with Crippen molar-refractivity contribution in [1.82, 2.24) is 19.5 Å². The van der Waals surface area contributed by atoms with Crippen LogP contribution in [0.4, 0.5) is 17.2 Å². The molecule has 0 bridgehead atoms. The fourth-order valence-corrected chi connectivity index (χ4v) is 2.16. The van der Waals surface area contributed by atoms with Gasteiger partial charge in [0, 0.05) is 18.1 Å². The maximum Gasteiger partial charge on any atom is 0.332 e. The maximum atomic E-state index is 11.4. The van der Waals surface area contributed by atoms with Crippen molar-refractivity contribution in [2.45, 2.75) is 6.92 Å². The molecule has 0 amide bonds. The van der Waals surface area contributed by atoms with Crippen LogP contribution in [0.25, 0.3) is 5.95 Å². The zero-order chi connectivity index (χ0) is 17.1. The van der Waals surface area contributed by atoms with Crippen LogP contribution in [-0.4, -0.2) is 31.6 Å². The summed E-state index contributed by atoms with van der Waals surface area (Å²) in [5.41, 5.74) is 0.734. The first-order valence-corrected chi connectivity index (χ1v) is 7.01. The van der Waals surface area contributed by atoms with Crippen molar-refractivity contribution in [2.24, 2.45) is 0 Å². The fourth-order valence-electron chi connectivity index (χ4n) is 2.16. The van der Waals surface area contributed by atoms with Crippen LogP contribution in [0.3, 0.4) is 0 Å². The molecule has 0 unspecified atom stereocenters. The zero-order valence-electron chi connectivity index (χ0n) is 13.0. The third kappa shape index (κ3) is 3.00. The largest absolute Gasteiger partial charge is 0.497 e. The van der Waals surface area contributed by atoms with Crippen molar-refractivity contribution in [3.63, 3.8) is 0 Å². The molecule has 9 nitrogen and oxygen atoms in total. The van der Waals surface area contributed by atoms with Crippen LogP contribution in [0.15, 0.2) is 43.0 Å². The molecule has 24 heavy (non-hydrogen) atoms. The molecule has 0 saturated carbocycles. The molecule has 0 radical (unpaired) electrons. The SMILES string of the molecule is COc1ccc(Nc2nc(-n3ccnc3)nc(C)c2[N+](=O)[O-])cc1.